The second kappa shape index (κ2) is 3.50. The Bertz CT molecular complexity index is 279. The highest BCUT2D eigenvalue weighted by molar-refractivity contribution is 5.06. The molecular weight excluding hydrogens is 162 g/mol. The summed E-state index contributed by atoms with van der Waals surface area (Å²) in [4.78, 5) is 4.44. The van der Waals surface area contributed by atoms with Crippen molar-refractivity contribution in [3.8, 4) is 0 Å². The maximum Gasteiger partial charge on any atom is 0.113 e. The smallest absolute Gasteiger partial charge is 0.113 e. The van der Waals surface area contributed by atoms with E-state index in [0.717, 1.165) is 13.1 Å². The van der Waals surface area contributed by atoms with Crippen LogP contribution < -0.4 is 5.32 Å². The number of aromatic nitrogens is 2. The third kappa shape index (κ3) is 1.48. The van der Waals surface area contributed by atoms with Crippen LogP contribution in [0.2, 0.25) is 0 Å². The number of imidazole rings is 1. The number of hydrogen-bond donors (Lipinski definition) is 1. The van der Waals surface area contributed by atoms with Crippen molar-refractivity contribution in [2.24, 2.45) is 0 Å². The topological polar surface area (TPSA) is 29.9 Å². The quantitative estimate of drug-likeness (QED) is 0.743. The van der Waals surface area contributed by atoms with Crippen LogP contribution in [0.3, 0.4) is 0 Å². The summed E-state index contributed by atoms with van der Waals surface area (Å²) in [6.45, 7) is 6.56. The third-order valence-corrected chi connectivity index (χ3v) is 2.95. The Kier molecular flexibility index (Phi) is 2.36. The highest BCUT2D eigenvalue weighted by atomic mass is 15.1. The van der Waals surface area contributed by atoms with Gasteiger partial charge in [0.25, 0.3) is 0 Å². The summed E-state index contributed by atoms with van der Waals surface area (Å²) in [6, 6.07) is 0.577. The zero-order chi connectivity index (χ0) is 9.26. The molecule has 1 N–H and O–H groups in total. The first-order valence-electron chi connectivity index (χ1n) is 5.07. The van der Waals surface area contributed by atoms with Gasteiger partial charge in [0.05, 0.1) is 0 Å². The Morgan fingerprint density at radius 2 is 2.54 bits per heavy atom. The molecule has 0 aliphatic carbocycles. The van der Waals surface area contributed by atoms with E-state index in [4.69, 9.17) is 0 Å². The van der Waals surface area contributed by atoms with Gasteiger partial charge in [0.1, 0.15) is 5.82 Å². The van der Waals surface area contributed by atoms with E-state index < -0.39 is 0 Å². The van der Waals surface area contributed by atoms with Gasteiger partial charge in [0, 0.05) is 30.9 Å². The number of nitrogens with one attached hydrogen (secondary N) is 1. The first-order chi connectivity index (χ1) is 6.33. The molecule has 0 bridgehead atoms. The van der Waals surface area contributed by atoms with Gasteiger partial charge in [-0.1, -0.05) is 0 Å². The Morgan fingerprint density at radius 3 is 3.15 bits per heavy atom. The van der Waals surface area contributed by atoms with E-state index in [-0.39, 0.29) is 0 Å². The molecule has 1 fully saturated rings. The second-order valence-corrected chi connectivity index (χ2v) is 3.71. The lowest BCUT2D eigenvalue weighted by Crippen LogP contribution is -2.23. The standard InChI is InChI=1S/C10H17N3/c1-3-13-7-6-12-10(13)9-4-5-11-8(9)2/h6-9,11H,3-5H2,1-2H3. The number of aryl methyl sites for hydroxylation is 1. The molecule has 1 aliphatic rings. The Labute approximate surface area is 79.2 Å². The van der Waals surface area contributed by atoms with E-state index in [9.17, 15) is 0 Å². The number of hydrogen-bond acceptors (Lipinski definition) is 2. The summed E-state index contributed by atoms with van der Waals surface area (Å²) in [7, 11) is 0. The van der Waals surface area contributed by atoms with E-state index in [1.54, 1.807) is 0 Å². The Hall–Kier alpha value is -0.830. The summed E-state index contributed by atoms with van der Waals surface area (Å²) >= 11 is 0. The number of nitrogens with zero attached hydrogens (tertiary/aromatic N) is 2. The normalized spacial score (nSPS) is 28.2. The molecule has 0 amide bonds. The van der Waals surface area contributed by atoms with Crippen LogP contribution in [-0.4, -0.2) is 22.1 Å². The molecule has 0 saturated carbocycles. The minimum Gasteiger partial charge on any atom is -0.335 e. The van der Waals surface area contributed by atoms with Gasteiger partial charge in [-0.05, 0) is 26.8 Å². The first kappa shape index (κ1) is 8.75. The van der Waals surface area contributed by atoms with E-state index >= 15 is 0 Å². The molecule has 2 heterocycles. The van der Waals surface area contributed by atoms with Gasteiger partial charge < -0.3 is 9.88 Å². The SMILES string of the molecule is CCn1ccnc1C1CCNC1C. The lowest BCUT2D eigenvalue weighted by molar-refractivity contribution is 0.537. The summed E-state index contributed by atoms with van der Waals surface area (Å²) < 4.78 is 2.24. The molecule has 1 aromatic rings. The highest BCUT2D eigenvalue weighted by Gasteiger charge is 2.27. The molecular formula is C10H17N3. The van der Waals surface area contributed by atoms with Crippen LogP contribution in [0.1, 0.15) is 32.0 Å². The highest BCUT2D eigenvalue weighted by Crippen LogP contribution is 2.25. The lowest BCUT2D eigenvalue weighted by atomic mass is 10.0. The molecule has 1 aromatic heterocycles. The van der Waals surface area contributed by atoms with Crippen molar-refractivity contribution in [1.29, 1.82) is 0 Å². The van der Waals surface area contributed by atoms with Gasteiger partial charge in [-0.3, -0.25) is 0 Å². The van der Waals surface area contributed by atoms with Crippen molar-refractivity contribution >= 4 is 0 Å². The van der Waals surface area contributed by atoms with Crippen molar-refractivity contribution in [2.75, 3.05) is 6.54 Å². The van der Waals surface area contributed by atoms with Gasteiger partial charge in [-0.15, -0.1) is 0 Å². The van der Waals surface area contributed by atoms with Crippen LogP contribution in [-0.2, 0) is 6.54 Å². The van der Waals surface area contributed by atoms with Gasteiger partial charge >= 0.3 is 0 Å². The van der Waals surface area contributed by atoms with Crippen LogP contribution in [0.5, 0.6) is 0 Å². The summed E-state index contributed by atoms with van der Waals surface area (Å²) in [5, 5.41) is 3.46. The zero-order valence-corrected chi connectivity index (χ0v) is 8.33. The molecule has 2 unspecified atom stereocenters. The van der Waals surface area contributed by atoms with Gasteiger partial charge in [-0.2, -0.15) is 0 Å². The summed E-state index contributed by atoms with van der Waals surface area (Å²) in [5.74, 6) is 1.86. The Morgan fingerprint density at radius 1 is 1.69 bits per heavy atom. The van der Waals surface area contributed by atoms with E-state index in [1.807, 2.05) is 6.20 Å². The van der Waals surface area contributed by atoms with Crippen molar-refractivity contribution in [1.82, 2.24) is 14.9 Å². The van der Waals surface area contributed by atoms with Gasteiger partial charge in [-0.25, -0.2) is 4.98 Å². The van der Waals surface area contributed by atoms with Crippen molar-refractivity contribution in [3.05, 3.63) is 18.2 Å². The monoisotopic (exact) mass is 179 g/mol. The lowest BCUT2D eigenvalue weighted by Gasteiger charge is -2.15. The molecule has 1 aliphatic heterocycles. The predicted octanol–water partition coefficient (Wildman–Crippen LogP) is 1.37. The molecule has 3 nitrogen and oxygen atoms in total. The fourth-order valence-electron chi connectivity index (χ4n) is 2.13. The molecule has 0 aromatic carbocycles. The molecule has 0 spiro atoms. The van der Waals surface area contributed by atoms with E-state index in [1.165, 1.54) is 12.2 Å². The van der Waals surface area contributed by atoms with Crippen molar-refractivity contribution in [3.63, 3.8) is 0 Å². The molecule has 2 atom stereocenters. The maximum atomic E-state index is 4.44. The van der Waals surface area contributed by atoms with Crippen LogP contribution in [0.25, 0.3) is 0 Å². The molecule has 3 heteroatoms. The maximum absolute atomic E-state index is 4.44. The van der Waals surface area contributed by atoms with Crippen LogP contribution in [0, 0.1) is 0 Å². The predicted molar refractivity (Wildman–Crippen MR) is 52.7 cm³/mol. The molecule has 72 valence electrons. The fraction of sp³-hybridized carbons (Fsp3) is 0.700. The second-order valence-electron chi connectivity index (χ2n) is 3.71. The molecule has 13 heavy (non-hydrogen) atoms. The zero-order valence-electron chi connectivity index (χ0n) is 8.33. The number of rotatable bonds is 2. The van der Waals surface area contributed by atoms with Crippen molar-refractivity contribution in [2.45, 2.75) is 38.8 Å². The fourth-order valence-corrected chi connectivity index (χ4v) is 2.13. The third-order valence-electron chi connectivity index (χ3n) is 2.95. The van der Waals surface area contributed by atoms with Crippen LogP contribution in [0.15, 0.2) is 12.4 Å². The van der Waals surface area contributed by atoms with Crippen LogP contribution >= 0.6 is 0 Å². The molecule has 0 radical (unpaired) electrons. The average Bonchev–Trinajstić information content (AvgIpc) is 2.71. The first-order valence-corrected chi connectivity index (χ1v) is 5.07. The largest absolute Gasteiger partial charge is 0.335 e. The van der Waals surface area contributed by atoms with Crippen molar-refractivity contribution < 1.29 is 0 Å². The minimum absolute atomic E-state index is 0.577. The average molecular weight is 179 g/mol. The minimum atomic E-state index is 0.577. The van der Waals surface area contributed by atoms with E-state index in [0.29, 0.717) is 12.0 Å². The van der Waals surface area contributed by atoms with Gasteiger partial charge in [0.2, 0.25) is 0 Å². The Balaban J connectivity index is 2.23. The molecule has 1 saturated heterocycles. The molecule has 2 rings (SSSR count). The van der Waals surface area contributed by atoms with Crippen LogP contribution in [0.4, 0.5) is 0 Å². The summed E-state index contributed by atoms with van der Waals surface area (Å²) in [6.07, 6.45) is 5.20. The summed E-state index contributed by atoms with van der Waals surface area (Å²) in [5.41, 5.74) is 0. The van der Waals surface area contributed by atoms with Gasteiger partial charge in [0.15, 0.2) is 0 Å². The van der Waals surface area contributed by atoms with E-state index in [2.05, 4.69) is 34.9 Å².